The quantitative estimate of drug-likeness (QED) is 0.832. The summed E-state index contributed by atoms with van der Waals surface area (Å²) in [6, 6.07) is 6.80. The maximum absolute atomic E-state index is 11.1. The molecule has 110 valence electrons. The molecule has 1 aromatic rings. The molecule has 0 bridgehead atoms. The van der Waals surface area contributed by atoms with E-state index in [1.165, 1.54) is 19.3 Å². The topological polar surface area (TPSA) is 49.8 Å². The second-order valence-electron chi connectivity index (χ2n) is 5.39. The number of carboxylic acid groups (broad SMARTS) is 1. The Balaban J connectivity index is 1.78. The van der Waals surface area contributed by atoms with Gasteiger partial charge in [-0.2, -0.15) is 0 Å². The Morgan fingerprint density at radius 1 is 1.45 bits per heavy atom. The van der Waals surface area contributed by atoms with E-state index in [9.17, 15) is 4.79 Å². The van der Waals surface area contributed by atoms with Crippen LogP contribution in [0.15, 0.2) is 24.3 Å². The van der Waals surface area contributed by atoms with Crippen molar-refractivity contribution in [1.82, 2.24) is 4.90 Å². The number of rotatable bonds is 7. The van der Waals surface area contributed by atoms with Crippen molar-refractivity contribution in [2.75, 3.05) is 26.2 Å². The summed E-state index contributed by atoms with van der Waals surface area (Å²) in [6.07, 6.45) is 3.83. The van der Waals surface area contributed by atoms with Crippen LogP contribution in [-0.2, 0) is 0 Å². The summed E-state index contributed by atoms with van der Waals surface area (Å²) in [4.78, 5) is 13.5. The fraction of sp³-hybridized carbons (Fsp3) is 0.562. The fourth-order valence-corrected chi connectivity index (χ4v) is 2.81. The van der Waals surface area contributed by atoms with E-state index in [0.29, 0.717) is 12.4 Å². The number of aromatic carboxylic acids is 1. The molecule has 1 heterocycles. The molecule has 0 amide bonds. The first kappa shape index (κ1) is 14.9. The van der Waals surface area contributed by atoms with Gasteiger partial charge in [-0.25, -0.2) is 4.79 Å². The van der Waals surface area contributed by atoms with E-state index in [-0.39, 0.29) is 5.56 Å². The molecule has 0 saturated carbocycles. The van der Waals surface area contributed by atoms with Gasteiger partial charge in [0.15, 0.2) is 0 Å². The predicted octanol–water partition coefficient (Wildman–Crippen LogP) is 2.89. The van der Waals surface area contributed by atoms with Crippen LogP contribution in [0.1, 0.15) is 36.5 Å². The maximum atomic E-state index is 11.1. The van der Waals surface area contributed by atoms with Crippen LogP contribution in [0.3, 0.4) is 0 Å². The number of hydrogen-bond donors (Lipinski definition) is 1. The summed E-state index contributed by atoms with van der Waals surface area (Å²) >= 11 is 0. The summed E-state index contributed by atoms with van der Waals surface area (Å²) in [6.45, 7) is 5.93. The minimum atomic E-state index is -0.940. The molecule has 1 fully saturated rings. The summed E-state index contributed by atoms with van der Waals surface area (Å²) in [5.41, 5.74) is 0.234. The van der Waals surface area contributed by atoms with Crippen molar-refractivity contribution in [2.24, 2.45) is 5.92 Å². The number of carboxylic acids is 1. The molecule has 1 aliphatic rings. The van der Waals surface area contributed by atoms with Gasteiger partial charge in [0.25, 0.3) is 0 Å². The third-order valence-corrected chi connectivity index (χ3v) is 3.85. The summed E-state index contributed by atoms with van der Waals surface area (Å²) in [5, 5.41) is 9.08. The SMILES string of the molecule is CCCC1CCN(CCOc2ccccc2C(=O)O)C1. The number of likely N-dealkylation sites (tertiary alicyclic amines) is 1. The Kier molecular flexibility index (Phi) is 5.41. The van der Waals surface area contributed by atoms with Gasteiger partial charge < -0.3 is 9.84 Å². The number of para-hydroxylation sites is 1. The molecule has 0 radical (unpaired) electrons. The third-order valence-electron chi connectivity index (χ3n) is 3.85. The molecule has 20 heavy (non-hydrogen) atoms. The largest absolute Gasteiger partial charge is 0.491 e. The lowest BCUT2D eigenvalue weighted by molar-refractivity contribution is 0.0691. The van der Waals surface area contributed by atoms with Crippen LogP contribution in [0.5, 0.6) is 5.75 Å². The molecule has 1 N–H and O–H groups in total. The molecule has 4 nitrogen and oxygen atoms in total. The van der Waals surface area contributed by atoms with Gasteiger partial charge in [-0.05, 0) is 37.4 Å². The molecule has 1 aliphatic heterocycles. The van der Waals surface area contributed by atoms with E-state index < -0.39 is 5.97 Å². The van der Waals surface area contributed by atoms with Gasteiger partial charge >= 0.3 is 5.97 Å². The van der Waals surface area contributed by atoms with Crippen LogP contribution < -0.4 is 4.74 Å². The standard InChI is InChI=1S/C16H23NO3/c1-2-5-13-8-9-17(12-13)10-11-20-15-7-4-3-6-14(15)16(18)19/h3-4,6-7,13H,2,5,8-12H2,1H3,(H,18,19). The lowest BCUT2D eigenvalue weighted by Crippen LogP contribution is -2.26. The second-order valence-corrected chi connectivity index (χ2v) is 5.39. The van der Waals surface area contributed by atoms with Gasteiger partial charge in [-0.3, -0.25) is 4.90 Å². The van der Waals surface area contributed by atoms with Crippen molar-refractivity contribution in [2.45, 2.75) is 26.2 Å². The Labute approximate surface area is 120 Å². The predicted molar refractivity (Wildman–Crippen MR) is 78.4 cm³/mol. The highest BCUT2D eigenvalue weighted by atomic mass is 16.5. The molecule has 0 aliphatic carbocycles. The lowest BCUT2D eigenvalue weighted by Gasteiger charge is -2.16. The van der Waals surface area contributed by atoms with Gasteiger partial charge in [-0.1, -0.05) is 25.5 Å². The van der Waals surface area contributed by atoms with Crippen molar-refractivity contribution in [3.63, 3.8) is 0 Å². The molecule has 1 saturated heterocycles. The van der Waals surface area contributed by atoms with Crippen LogP contribution in [0.4, 0.5) is 0 Å². The van der Waals surface area contributed by atoms with Crippen molar-refractivity contribution in [3.05, 3.63) is 29.8 Å². The smallest absolute Gasteiger partial charge is 0.339 e. The number of carbonyl (C=O) groups is 1. The van der Waals surface area contributed by atoms with Gasteiger partial charge in [-0.15, -0.1) is 0 Å². The molecule has 2 rings (SSSR count). The molecule has 0 aromatic heterocycles. The lowest BCUT2D eigenvalue weighted by atomic mass is 10.0. The van der Waals surface area contributed by atoms with E-state index >= 15 is 0 Å². The Morgan fingerprint density at radius 2 is 2.25 bits per heavy atom. The Morgan fingerprint density at radius 3 is 3.00 bits per heavy atom. The number of hydrogen-bond acceptors (Lipinski definition) is 3. The maximum Gasteiger partial charge on any atom is 0.339 e. The Hall–Kier alpha value is -1.55. The van der Waals surface area contributed by atoms with Crippen molar-refractivity contribution < 1.29 is 14.6 Å². The third kappa shape index (κ3) is 3.97. The molecular weight excluding hydrogens is 254 g/mol. The van der Waals surface area contributed by atoms with Crippen LogP contribution in [0.2, 0.25) is 0 Å². The highest BCUT2D eigenvalue weighted by Gasteiger charge is 2.21. The van der Waals surface area contributed by atoms with Crippen molar-refractivity contribution in [1.29, 1.82) is 0 Å². The first-order valence-corrected chi connectivity index (χ1v) is 7.38. The minimum Gasteiger partial charge on any atom is -0.491 e. The highest BCUT2D eigenvalue weighted by molar-refractivity contribution is 5.90. The number of ether oxygens (including phenoxy) is 1. The first-order chi connectivity index (χ1) is 9.70. The number of benzene rings is 1. The van der Waals surface area contributed by atoms with E-state index in [0.717, 1.165) is 25.6 Å². The van der Waals surface area contributed by atoms with Gasteiger partial charge in [0.2, 0.25) is 0 Å². The fourth-order valence-electron chi connectivity index (χ4n) is 2.81. The van der Waals surface area contributed by atoms with Gasteiger partial charge in [0.1, 0.15) is 17.9 Å². The molecule has 4 heteroatoms. The van der Waals surface area contributed by atoms with E-state index in [4.69, 9.17) is 9.84 Å². The average molecular weight is 277 g/mol. The van der Waals surface area contributed by atoms with Gasteiger partial charge in [0.05, 0.1) is 0 Å². The Bertz CT molecular complexity index is 447. The molecule has 0 spiro atoms. The molecule has 1 atom stereocenters. The zero-order valence-corrected chi connectivity index (χ0v) is 12.0. The average Bonchev–Trinajstić information content (AvgIpc) is 2.87. The van der Waals surface area contributed by atoms with Crippen molar-refractivity contribution >= 4 is 5.97 Å². The number of nitrogens with zero attached hydrogens (tertiary/aromatic N) is 1. The van der Waals surface area contributed by atoms with Crippen LogP contribution in [0, 0.1) is 5.92 Å². The van der Waals surface area contributed by atoms with E-state index in [1.807, 2.05) is 0 Å². The normalized spacial score (nSPS) is 19.1. The highest BCUT2D eigenvalue weighted by Crippen LogP contribution is 2.21. The zero-order valence-electron chi connectivity index (χ0n) is 12.0. The zero-order chi connectivity index (χ0) is 14.4. The van der Waals surface area contributed by atoms with Gasteiger partial charge in [0, 0.05) is 13.1 Å². The van der Waals surface area contributed by atoms with E-state index in [1.54, 1.807) is 24.3 Å². The van der Waals surface area contributed by atoms with Crippen molar-refractivity contribution in [3.8, 4) is 5.75 Å². The second kappa shape index (κ2) is 7.29. The van der Waals surface area contributed by atoms with Crippen LogP contribution in [-0.4, -0.2) is 42.2 Å². The van der Waals surface area contributed by atoms with Crippen LogP contribution >= 0.6 is 0 Å². The van der Waals surface area contributed by atoms with E-state index in [2.05, 4.69) is 11.8 Å². The monoisotopic (exact) mass is 277 g/mol. The summed E-state index contributed by atoms with van der Waals surface area (Å²) in [7, 11) is 0. The molecule has 1 aromatic carbocycles. The molecular formula is C16H23NO3. The first-order valence-electron chi connectivity index (χ1n) is 7.38. The minimum absolute atomic E-state index is 0.234. The summed E-state index contributed by atoms with van der Waals surface area (Å²) < 4.78 is 5.63. The molecule has 1 unspecified atom stereocenters. The summed E-state index contributed by atoms with van der Waals surface area (Å²) in [5.74, 6) is 0.348. The van der Waals surface area contributed by atoms with Crippen LogP contribution in [0.25, 0.3) is 0 Å².